The first kappa shape index (κ1) is 80.7. The van der Waals surface area contributed by atoms with Crippen LogP contribution in [-0.4, -0.2) is 84.5 Å². The first-order valence-corrected chi connectivity index (χ1v) is 32.4. The Hall–Kier alpha value is -6.29. The van der Waals surface area contributed by atoms with Crippen LogP contribution in [0.2, 0.25) is 0 Å². The van der Waals surface area contributed by atoms with E-state index >= 15 is 0 Å². The summed E-state index contributed by atoms with van der Waals surface area (Å²) in [5.41, 5.74) is 6.14. The van der Waals surface area contributed by atoms with E-state index in [1.807, 2.05) is 169 Å². The van der Waals surface area contributed by atoms with Crippen LogP contribution in [0.25, 0.3) is 22.3 Å². The van der Waals surface area contributed by atoms with E-state index in [1.54, 1.807) is 58.9 Å². The van der Waals surface area contributed by atoms with Crippen LogP contribution in [0.15, 0.2) is 198 Å². The maximum Gasteiger partial charge on any atom is 0.488 e. The first-order valence-electron chi connectivity index (χ1n) is 27.2. The lowest BCUT2D eigenvalue weighted by atomic mass is 9.80. The van der Waals surface area contributed by atoms with Crippen molar-refractivity contribution in [1.29, 1.82) is 15.8 Å². The van der Waals surface area contributed by atoms with E-state index in [9.17, 15) is 24.3 Å². The lowest BCUT2D eigenvalue weighted by Crippen LogP contribution is -2.30. The van der Waals surface area contributed by atoms with Gasteiger partial charge in [-0.25, -0.2) is 0 Å². The SMILES string of the molecule is C.CC(C)(Sc1ccccc1-c1ccc(C#N)cc1)C(=O)O.CCOC(=O)C(C)(C)Br.CCOC(=O)C(C)(C)Sc1ccccc1-c1ccc(C#N)cc1.CCOC(=O)C(C)(C)Sc1ccccc1Br.N#Cc1ccc(B(O)O)cc1.Sc1ccccc1Br. The van der Waals surface area contributed by atoms with Gasteiger partial charge in [0.15, 0.2) is 0 Å². The Morgan fingerprint density at radius 1 is 0.483 bits per heavy atom. The molecule has 0 atom stereocenters. The quantitative estimate of drug-likeness (QED) is 0.0176. The van der Waals surface area contributed by atoms with E-state index in [2.05, 4.69) is 72.6 Å². The van der Waals surface area contributed by atoms with Gasteiger partial charge in [0.1, 0.15) is 18.6 Å². The number of carbonyl (C=O) groups is 4. The van der Waals surface area contributed by atoms with E-state index in [0.29, 0.717) is 42.0 Å². The third-order valence-electron chi connectivity index (χ3n) is 11.4. The van der Waals surface area contributed by atoms with Gasteiger partial charge in [-0.1, -0.05) is 120 Å². The number of hydrogen-bond acceptors (Lipinski definition) is 16. The fourth-order valence-electron chi connectivity index (χ4n) is 6.61. The van der Waals surface area contributed by atoms with E-state index in [0.717, 1.165) is 50.8 Å². The van der Waals surface area contributed by atoms with Crippen molar-refractivity contribution in [2.24, 2.45) is 0 Å². The number of carboxylic acid groups (broad SMARTS) is 1. The minimum Gasteiger partial charge on any atom is -0.480 e. The molecule has 13 nitrogen and oxygen atoms in total. The molecule has 7 aromatic rings. The third-order valence-corrected chi connectivity index (χ3v) is 17.8. The van der Waals surface area contributed by atoms with Gasteiger partial charge >= 0.3 is 31.0 Å². The summed E-state index contributed by atoms with van der Waals surface area (Å²) >= 11 is 18.4. The molecule has 0 saturated carbocycles. The number of ether oxygens (including phenoxy) is 3. The van der Waals surface area contributed by atoms with Crippen LogP contribution in [0.3, 0.4) is 0 Å². The Morgan fingerprint density at radius 3 is 1.10 bits per heavy atom. The fourth-order valence-corrected chi connectivity index (χ4v) is 10.9. The molecule has 0 bridgehead atoms. The fraction of sp³-hybridized carbons (Fsp3) is 0.279. The molecular formula is C68H75BBr3N3O10S4. The first-order chi connectivity index (χ1) is 41.4. The minimum atomic E-state index is -1.46. The van der Waals surface area contributed by atoms with E-state index in [1.165, 1.54) is 59.6 Å². The molecule has 0 amide bonds. The van der Waals surface area contributed by atoms with Gasteiger partial charge in [0.25, 0.3) is 0 Å². The molecule has 0 unspecified atom stereocenters. The van der Waals surface area contributed by atoms with E-state index in [-0.39, 0.29) is 25.3 Å². The predicted molar refractivity (Wildman–Crippen MR) is 377 cm³/mol. The molecule has 3 N–H and O–H groups in total. The van der Waals surface area contributed by atoms with Gasteiger partial charge in [0, 0.05) is 28.5 Å². The highest BCUT2D eigenvalue weighted by Gasteiger charge is 2.33. The molecule has 21 heteroatoms. The van der Waals surface area contributed by atoms with Crippen molar-refractivity contribution in [2.75, 3.05) is 19.8 Å². The van der Waals surface area contributed by atoms with Crippen LogP contribution in [0, 0.1) is 34.0 Å². The van der Waals surface area contributed by atoms with Crippen molar-refractivity contribution >= 4 is 132 Å². The van der Waals surface area contributed by atoms with E-state index in [4.69, 9.17) is 40.0 Å². The topological polar surface area (TPSA) is 228 Å². The summed E-state index contributed by atoms with van der Waals surface area (Å²) < 4.78 is 14.3. The molecule has 0 aromatic heterocycles. The average molecular weight is 1470 g/mol. The Morgan fingerprint density at radius 2 is 0.798 bits per heavy atom. The molecule has 89 heavy (non-hydrogen) atoms. The van der Waals surface area contributed by atoms with E-state index < -0.39 is 31.7 Å². The summed E-state index contributed by atoms with van der Waals surface area (Å²) in [6, 6.07) is 58.3. The number of hydrogen-bond donors (Lipinski definition) is 4. The van der Waals surface area contributed by atoms with Crippen molar-refractivity contribution in [3.05, 3.63) is 195 Å². The molecular weight excluding hydrogens is 1400 g/mol. The number of carboxylic acids is 1. The lowest BCUT2D eigenvalue weighted by Gasteiger charge is -2.23. The molecule has 0 radical (unpaired) electrons. The molecule has 0 spiro atoms. The zero-order valence-electron chi connectivity index (χ0n) is 50.7. The Balaban J connectivity index is 0.000000555. The van der Waals surface area contributed by atoms with Crippen molar-refractivity contribution in [2.45, 2.75) is 122 Å². The second kappa shape index (κ2) is 40.5. The molecule has 0 fully saturated rings. The van der Waals surface area contributed by atoms with Crippen LogP contribution >= 0.6 is 95.7 Å². The summed E-state index contributed by atoms with van der Waals surface area (Å²) in [6.07, 6.45) is 0. The summed E-state index contributed by atoms with van der Waals surface area (Å²) in [7, 11) is -1.46. The number of nitrogens with zero attached hydrogens (tertiary/aromatic N) is 3. The summed E-state index contributed by atoms with van der Waals surface area (Å²) in [6.45, 7) is 21.0. The monoisotopic (exact) mass is 1470 g/mol. The molecule has 7 rings (SSSR count). The highest BCUT2D eigenvalue weighted by Crippen LogP contribution is 2.41. The van der Waals surface area contributed by atoms with Crippen LogP contribution in [0.1, 0.15) is 100 Å². The third kappa shape index (κ3) is 29.0. The van der Waals surface area contributed by atoms with Gasteiger partial charge in [0.05, 0.1) is 54.7 Å². The molecule has 0 saturated heterocycles. The Kier molecular flexibility index (Phi) is 36.7. The van der Waals surface area contributed by atoms with Gasteiger partial charge in [-0.3, -0.25) is 19.2 Å². The summed E-state index contributed by atoms with van der Waals surface area (Å²) in [4.78, 5) is 49.9. The summed E-state index contributed by atoms with van der Waals surface area (Å²) in [5, 5.41) is 52.7. The van der Waals surface area contributed by atoms with Crippen LogP contribution < -0.4 is 5.46 Å². The molecule has 0 aliphatic rings. The largest absolute Gasteiger partial charge is 0.488 e. The number of aliphatic carboxylic acids is 1. The van der Waals surface area contributed by atoms with Crippen LogP contribution in [0.4, 0.5) is 0 Å². The zero-order chi connectivity index (χ0) is 66.3. The number of halogens is 3. The van der Waals surface area contributed by atoms with Crippen molar-refractivity contribution < 1.29 is 48.5 Å². The summed E-state index contributed by atoms with van der Waals surface area (Å²) in [5.74, 6) is -1.47. The molecule has 0 aliphatic carbocycles. The minimum absolute atomic E-state index is 0. The highest BCUT2D eigenvalue weighted by molar-refractivity contribution is 9.11. The molecule has 0 heterocycles. The smallest absolute Gasteiger partial charge is 0.480 e. The number of rotatable bonds is 16. The number of thiol groups is 1. The Bertz CT molecular complexity index is 3470. The van der Waals surface area contributed by atoms with Gasteiger partial charge in [-0.05, 0) is 209 Å². The van der Waals surface area contributed by atoms with Crippen LogP contribution in [0.5, 0.6) is 0 Å². The number of esters is 3. The Labute approximate surface area is 569 Å². The number of benzene rings is 7. The second-order valence-corrected chi connectivity index (χ2v) is 29.3. The maximum atomic E-state index is 12.1. The highest BCUT2D eigenvalue weighted by atomic mass is 79.9. The zero-order valence-corrected chi connectivity index (χ0v) is 58.8. The number of nitriles is 3. The van der Waals surface area contributed by atoms with Gasteiger partial charge in [-0.15, -0.1) is 47.9 Å². The van der Waals surface area contributed by atoms with Crippen molar-refractivity contribution in [3.63, 3.8) is 0 Å². The average Bonchev–Trinajstić information content (AvgIpc) is 2.80. The van der Waals surface area contributed by atoms with Gasteiger partial charge in [0.2, 0.25) is 0 Å². The van der Waals surface area contributed by atoms with Crippen molar-refractivity contribution in [3.8, 4) is 40.5 Å². The van der Waals surface area contributed by atoms with Crippen LogP contribution in [-0.2, 0) is 33.4 Å². The predicted octanol–water partition coefficient (Wildman–Crippen LogP) is 17.1. The van der Waals surface area contributed by atoms with Gasteiger partial charge < -0.3 is 29.4 Å². The van der Waals surface area contributed by atoms with Crippen molar-refractivity contribution in [1.82, 2.24) is 0 Å². The normalized spacial score (nSPS) is 10.4. The lowest BCUT2D eigenvalue weighted by molar-refractivity contribution is -0.145. The standard InChI is InChI=1S/C19H19NO2S.C17H15NO2S.C12H15BrO2S.C7H6BNO2.C6H11BrO2.C6H5BrS.CH4/c1-4-22-18(21)19(2,3)23-17-8-6-5-7-16(17)15-11-9-14(13-20)10-12-15;1-17(2,16(19)20)21-15-6-4-3-5-14(15)13-9-7-12(11-18)8-10-13;1-4-15-11(14)12(2,3)16-10-8-6-5-7-9(10)13;9-5-6-1-3-7(4-2-6)8(10)11;1-4-9-5(8)6(2,3)7;7-5-3-1-2-4-6(5)8;/h5-12H,4H2,1-3H3;3-10H,1-2H3,(H,19,20);5-8H,4H2,1-3H3;1-4,10-11H;4H2,1-3H3;1-4,8H;1H4. The maximum absolute atomic E-state index is 12.1. The number of alkyl halides is 1. The molecule has 470 valence electrons. The number of carbonyl (C=O) groups excluding carboxylic acids is 3. The van der Waals surface area contributed by atoms with Gasteiger partial charge in [-0.2, -0.15) is 15.8 Å². The second-order valence-electron chi connectivity index (χ2n) is 20.1. The molecule has 0 aliphatic heterocycles. The number of thioether (sulfide) groups is 3. The molecule has 7 aromatic carbocycles.